The molecule has 2 aliphatic rings. The number of aromatic nitrogens is 1. The van der Waals surface area contributed by atoms with Crippen LogP contribution in [0.3, 0.4) is 0 Å². The molecule has 13 N–H and O–H groups in total. The number of amides is 5. The molecular weight excluding hydrogens is 686 g/mol. The molecule has 18 nitrogen and oxygen atoms in total. The van der Waals surface area contributed by atoms with Gasteiger partial charge in [-0.05, 0) is 77.0 Å². The van der Waals surface area contributed by atoms with Crippen molar-refractivity contribution in [1.82, 2.24) is 30.7 Å². The largest absolute Gasteiger partial charge is 0.480 e. The number of aliphatic carboxylic acids is 1. The van der Waals surface area contributed by atoms with Gasteiger partial charge in [0, 0.05) is 36.1 Å². The van der Waals surface area contributed by atoms with E-state index in [-0.39, 0.29) is 44.9 Å². The van der Waals surface area contributed by atoms with Crippen molar-refractivity contribution in [2.24, 2.45) is 27.9 Å². The number of carboxylic acids is 1. The summed E-state index contributed by atoms with van der Waals surface area (Å²) < 4.78 is 0. The van der Waals surface area contributed by atoms with Gasteiger partial charge in [-0.2, -0.15) is 0 Å². The summed E-state index contributed by atoms with van der Waals surface area (Å²) >= 11 is 0. The molecule has 53 heavy (non-hydrogen) atoms. The molecule has 5 amide bonds. The van der Waals surface area contributed by atoms with E-state index >= 15 is 0 Å². The van der Waals surface area contributed by atoms with Crippen LogP contribution in [-0.4, -0.2) is 117 Å². The maximum atomic E-state index is 14.1. The summed E-state index contributed by atoms with van der Waals surface area (Å²) in [6.07, 6.45) is 2.77. The lowest BCUT2D eigenvalue weighted by atomic mass is 9.95. The van der Waals surface area contributed by atoms with Crippen molar-refractivity contribution in [3.8, 4) is 0 Å². The second-order valence-corrected chi connectivity index (χ2v) is 13.7. The first-order valence-electron chi connectivity index (χ1n) is 18.1. The van der Waals surface area contributed by atoms with Gasteiger partial charge < -0.3 is 58.8 Å². The molecule has 1 saturated heterocycles. The molecule has 0 saturated carbocycles. The predicted octanol–water partition coefficient (Wildman–Crippen LogP) is -1.50. The van der Waals surface area contributed by atoms with Crippen LogP contribution in [0.1, 0.15) is 70.1 Å². The molecule has 18 heteroatoms. The number of carbonyl (C=O) groups is 6. The summed E-state index contributed by atoms with van der Waals surface area (Å²) in [6.45, 7) is 3.81. The highest BCUT2D eigenvalue weighted by molar-refractivity contribution is 5.97. The molecule has 3 heterocycles. The highest BCUT2D eigenvalue weighted by Gasteiger charge is 2.41. The summed E-state index contributed by atoms with van der Waals surface area (Å²) in [5, 5.41) is 19.1. The first-order valence-corrected chi connectivity index (χ1v) is 18.1. The van der Waals surface area contributed by atoms with Crippen LogP contribution in [0.5, 0.6) is 0 Å². The van der Waals surface area contributed by atoms with E-state index in [1.807, 2.05) is 24.3 Å². The number of rotatable bonds is 17. The van der Waals surface area contributed by atoms with E-state index in [2.05, 4.69) is 25.9 Å². The number of hydrogen-bond donors (Lipinski definition) is 9. The topological polar surface area (TPSA) is 297 Å². The average molecular weight is 740 g/mol. The van der Waals surface area contributed by atoms with E-state index in [0.717, 1.165) is 22.2 Å². The SMILES string of the molecule is C[C@H](N)C(=O)N[C@@H](CCCN=C(N)N)C(=O)N1CCC[C@H]1C(=O)N[C@@H](C)C(=O)N[C@@H](CCCCN)C(=O)N1Cc2[nH]c3ccccc3c2C[C@H]1C(=O)O. The fourth-order valence-corrected chi connectivity index (χ4v) is 6.85. The number of nitrogens with zero attached hydrogens (tertiary/aromatic N) is 3. The second-order valence-electron chi connectivity index (χ2n) is 13.7. The monoisotopic (exact) mass is 739 g/mol. The zero-order valence-corrected chi connectivity index (χ0v) is 30.3. The number of carboxylic acid groups (broad SMARTS) is 1. The Morgan fingerprint density at radius 3 is 2.25 bits per heavy atom. The van der Waals surface area contributed by atoms with Gasteiger partial charge in [0.05, 0.1) is 12.6 Å². The van der Waals surface area contributed by atoms with Gasteiger partial charge in [0.1, 0.15) is 30.2 Å². The fourth-order valence-electron chi connectivity index (χ4n) is 6.85. The summed E-state index contributed by atoms with van der Waals surface area (Å²) in [5.74, 6) is -4.06. The highest BCUT2D eigenvalue weighted by Crippen LogP contribution is 2.31. The molecule has 0 aliphatic carbocycles. The van der Waals surface area contributed by atoms with Gasteiger partial charge in [-0.1, -0.05) is 18.2 Å². The fraction of sp³-hybridized carbons (Fsp3) is 0.571. The normalized spacial score (nSPS) is 19.0. The zero-order valence-electron chi connectivity index (χ0n) is 30.3. The lowest BCUT2D eigenvalue weighted by Gasteiger charge is -2.36. The third kappa shape index (κ3) is 10.2. The molecule has 2 aromatic rings. The Bertz CT molecular complexity index is 1690. The Labute approximate surface area is 307 Å². The van der Waals surface area contributed by atoms with Gasteiger partial charge in [-0.15, -0.1) is 0 Å². The summed E-state index contributed by atoms with van der Waals surface area (Å²) in [6, 6.07) is 1.40. The Morgan fingerprint density at radius 1 is 0.925 bits per heavy atom. The number of carbonyl (C=O) groups excluding carboxylic acids is 5. The molecule has 1 aromatic heterocycles. The third-order valence-electron chi connectivity index (χ3n) is 9.70. The van der Waals surface area contributed by atoms with Crippen molar-refractivity contribution < 1.29 is 33.9 Å². The van der Waals surface area contributed by atoms with E-state index in [0.29, 0.717) is 38.6 Å². The molecular formula is C35H53N11O7. The van der Waals surface area contributed by atoms with E-state index in [4.69, 9.17) is 22.9 Å². The van der Waals surface area contributed by atoms with Gasteiger partial charge in [0.25, 0.3) is 0 Å². The van der Waals surface area contributed by atoms with Gasteiger partial charge in [-0.3, -0.25) is 29.0 Å². The lowest BCUT2D eigenvalue weighted by molar-refractivity contribution is -0.153. The van der Waals surface area contributed by atoms with Crippen LogP contribution >= 0.6 is 0 Å². The summed E-state index contributed by atoms with van der Waals surface area (Å²) in [7, 11) is 0. The van der Waals surface area contributed by atoms with E-state index in [9.17, 15) is 33.9 Å². The molecule has 290 valence electrons. The van der Waals surface area contributed by atoms with Crippen LogP contribution < -0.4 is 38.9 Å². The quantitative estimate of drug-likeness (QED) is 0.0511. The molecule has 4 rings (SSSR count). The number of nitrogens with two attached hydrogens (primary N) is 4. The van der Waals surface area contributed by atoms with Crippen LogP contribution in [0.25, 0.3) is 10.9 Å². The Balaban J connectivity index is 1.45. The minimum Gasteiger partial charge on any atom is -0.480 e. The number of nitrogens with one attached hydrogen (secondary N) is 4. The first-order chi connectivity index (χ1) is 25.2. The van der Waals surface area contributed by atoms with Crippen molar-refractivity contribution >= 4 is 52.4 Å². The van der Waals surface area contributed by atoms with Crippen LogP contribution in [-0.2, 0) is 41.7 Å². The molecule has 0 spiro atoms. The summed E-state index contributed by atoms with van der Waals surface area (Å²) in [5.41, 5.74) is 24.6. The van der Waals surface area contributed by atoms with E-state index in [1.165, 1.54) is 23.6 Å². The Hall–Kier alpha value is -5.23. The lowest BCUT2D eigenvalue weighted by Crippen LogP contribution is -2.59. The smallest absolute Gasteiger partial charge is 0.326 e. The van der Waals surface area contributed by atoms with Crippen LogP contribution in [0.15, 0.2) is 29.3 Å². The predicted molar refractivity (Wildman–Crippen MR) is 197 cm³/mol. The molecule has 1 fully saturated rings. The average Bonchev–Trinajstić information content (AvgIpc) is 3.76. The molecule has 1 aromatic carbocycles. The van der Waals surface area contributed by atoms with Crippen molar-refractivity contribution in [2.75, 3.05) is 19.6 Å². The molecule has 0 unspecified atom stereocenters. The minimum absolute atomic E-state index is 0.0147. The Kier molecular flexibility index (Phi) is 14.2. The molecule has 0 radical (unpaired) electrons. The number of para-hydroxylation sites is 1. The standard InChI is InChI=1S/C35H53N11O7/c1-19(37)29(47)43-25(12-7-15-40-35(38)39)32(50)45-16-8-13-27(45)31(49)41-20(2)30(48)44-24(11-5-6-14-36)33(51)46-18-26-22(17-28(46)34(52)53)21-9-3-4-10-23(21)42-26/h3-4,9-10,19-20,24-25,27-28,42H,5-8,11-18,36-37H2,1-2H3,(H,41,49)(H,43,47)(H,44,48)(H,52,53)(H4,38,39,40)/t19-,20-,24-,25-,27-,28-/m0/s1. The minimum atomic E-state index is -1.16. The number of H-pyrrole nitrogens is 1. The van der Waals surface area contributed by atoms with E-state index < -0.39 is 71.8 Å². The first kappa shape index (κ1) is 40.5. The number of benzene rings is 1. The third-order valence-corrected chi connectivity index (χ3v) is 9.70. The molecule has 0 bridgehead atoms. The number of likely N-dealkylation sites (tertiary alicyclic amines) is 1. The van der Waals surface area contributed by atoms with Crippen LogP contribution in [0.4, 0.5) is 0 Å². The van der Waals surface area contributed by atoms with E-state index in [1.54, 1.807) is 0 Å². The van der Waals surface area contributed by atoms with Crippen molar-refractivity contribution in [2.45, 2.75) is 108 Å². The maximum absolute atomic E-state index is 14.1. The zero-order chi connectivity index (χ0) is 38.8. The van der Waals surface area contributed by atoms with Crippen molar-refractivity contribution in [1.29, 1.82) is 0 Å². The number of aliphatic imine (C=N–C) groups is 1. The van der Waals surface area contributed by atoms with Gasteiger partial charge in [0.2, 0.25) is 29.5 Å². The number of hydrogen-bond acceptors (Lipinski definition) is 9. The summed E-state index contributed by atoms with van der Waals surface area (Å²) in [4.78, 5) is 89.6. The van der Waals surface area contributed by atoms with Crippen LogP contribution in [0, 0.1) is 0 Å². The van der Waals surface area contributed by atoms with Gasteiger partial charge in [0.15, 0.2) is 5.96 Å². The number of guanidine groups is 1. The highest BCUT2D eigenvalue weighted by atomic mass is 16.4. The number of fused-ring (bicyclic) bond motifs is 3. The number of aromatic amines is 1. The number of unbranched alkanes of at least 4 members (excludes halogenated alkanes) is 1. The van der Waals surface area contributed by atoms with Crippen molar-refractivity contribution in [3.63, 3.8) is 0 Å². The van der Waals surface area contributed by atoms with Crippen LogP contribution in [0.2, 0.25) is 0 Å². The second kappa shape index (κ2) is 18.5. The molecule has 6 atom stereocenters. The van der Waals surface area contributed by atoms with Gasteiger partial charge >= 0.3 is 5.97 Å². The van der Waals surface area contributed by atoms with Gasteiger partial charge in [-0.25, -0.2) is 4.79 Å². The van der Waals surface area contributed by atoms with Crippen molar-refractivity contribution in [3.05, 3.63) is 35.5 Å². The Morgan fingerprint density at radius 2 is 1.58 bits per heavy atom. The maximum Gasteiger partial charge on any atom is 0.326 e. The molecule has 2 aliphatic heterocycles.